The summed E-state index contributed by atoms with van der Waals surface area (Å²) in [5, 5.41) is 3.00. The maximum absolute atomic E-state index is 12.9. The van der Waals surface area contributed by atoms with Gasteiger partial charge in [0.15, 0.2) is 5.65 Å². The molecule has 1 aromatic carbocycles. The molecule has 1 aliphatic rings. The number of carbonyl (C=O) groups excluding carboxylic acids is 1. The van der Waals surface area contributed by atoms with Gasteiger partial charge in [0.2, 0.25) is 0 Å². The molecule has 0 saturated carbocycles. The van der Waals surface area contributed by atoms with E-state index in [4.69, 9.17) is 4.98 Å². The Balaban J connectivity index is 1.71. The molecule has 134 valence electrons. The van der Waals surface area contributed by atoms with Gasteiger partial charge in [-0.1, -0.05) is 6.42 Å². The van der Waals surface area contributed by atoms with Crippen LogP contribution in [0, 0.1) is 6.92 Å². The molecule has 5 nitrogen and oxygen atoms in total. The first-order valence-corrected chi connectivity index (χ1v) is 10.2. The fourth-order valence-electron chi connectivity index (χ4n) is 3.46. The first kappa shape index (κ1) is 17.1. The highest BCUT2D eigenvalue weighted by molar-refractivity contribution is 7.98. The minimum absolute atomic E-state index is 0.134. The van der Waals surface area contributed by atoms with E-state index in [-0.39, 0.29) is 5.91 Å². The Morgan fingerprint density at radius 3 is 2.73 bits per heavy atom. The second kappa shape index (κ2) is 7.11. The molecule has 6 heteroatoms. The van der Waals surface area contributed by atoms with Crippen LogP contribution in [0.2, 0.25) is 0 Å². The average molecular weight is 366 g/mol. The van der Waals surface area contributed by atoms with Crippen LogP contribution in [0.5, 0.6) is 0 Å². The molecule has 0 aliphatic carbocycles. The number of benzene rings is 1. The summed E-state index contributed by atoms with van der Waals surface area (Å²) < 4.78 is 2.19. The van der Waals surface area contributed by atoms with E-state index in [0.29, 0.717) is 11.1 Å². The summed E-state index contributed by atoms with van der Waals surface area (Å²) in [7, 11) is 0. The van der Waals surface area contributed by atoms with Crippen LogP contribution < -0.4 is 5.32 Å². The molecule has 3 aromatic rings. The van der Waals surface area contributed by atoms with Gasteiger partial charge >= 0.3 is 0 Å². The van der Waals surface area contributed by atoms with Crippen molar-refractivity contribution in [3.05, 3.63) is 47.4 Å². The van der Waals surface area contributed by atoms with Gasteiger partial charge < -0.3 is 9.88 Å². The standard InChI is InChI=1S/C20H22N4OS/c1-13-12-16(20(25)22-14-7-9-15(26-2)10-8-14)18-19(21-13)24-11-5-3-4-6-17(24)23-18/h7-10,12H,3-6,11H2,1-2H3,(H,22,25). The summed E-state index contributed by atoms with van der Waals surface area (Å²) in [6, 6.07) is 9.70. The van der Waals surface area contributed by atoms with E-state index < -0.39 is 0 Å². The van der Waals surface area contributed by atoms with E-state index in [1.165, 1.54) is 11.3 Å². The quantitative estimate of drug-likeness (QED) is 0.696. The molecule has 1 N–H and O–H groups in total. The monoisotopic (exact) mass is 366 g/mol. The zero-order valence-electron chi connectivity index (χ0n) is 15.1. The van der Waals surface area contributed by atoms with Gasteiger partial charge in [0.05, 0.1) is 5.56 Å². The van der Waals surface area contributed by atoms with Crippen molar-refractivity contribution in [3.8, 4) is 0 Å². The third kappa shape index (κ3) is 3.21. The lowest BCUT2D eigenvalue weighted by molar-refractivity contribution is 0.102. The van der Waals surface area contributed by atoms with Crippen molar-refractivity contribution in [2.45, 2.75) is 44.0 Å². The molecule has 1 amide bonds. The van der Waals surface area contributed by atoms with Crippen molar-refractivity contribution >= 4 is 34.5 Å². The molecular weight excluding hydrogens is 344 g/mol. The van der Waals surface area contributed by atoms with E-state index in [2.05, 4.69) is 14.9 Å². The molecule has 4 rings (SSSR count). The normalized spacial score (nSPS) is 14.1. The number of anilines is 1. The fourth-order valence-corrected chi connectivity index (χ4v) is 3.87. The summed E-state index contributed by atoms with van der Waals surface area (Å²) in [6.45, 7) is 2.86. The number of hydrogen-bond donors (Lipinski definition) is 1. The van der Waals surface area contributed by atoms with Crippen LogP contribution in [0.1, 0.15) is 41.1 Å². The van der Waals surface area contributed by atoms with E-state index in [0.717, 1.165) is 48.7 Å². The van der Waals surface area contributed by atoms with Gasteiger partial charge in [-0.05, 0) is 56.4 Å². The zero-order valence-corrected chi connectivity index (χ0v) is 15.9. The van der Waals surface area contributed by atoms with Crippen molar-refractivity contribution in [2.75, 3.05) is 11.6 Å². The Hall–Kier alpha value is -2.34. The number of thioether (sulfide) groups is 1. The molecule has 3 heterocycles. The van der Waals surface area contributed by atoms with Crippen LogP contribution >= 0.6 is 11.8 Å². The Kier molecular flexibility index (Phi) is 4.68. The minimum atomic E-state index is -0.134. The van der Waals surface area contributed by atoms with Crippen LogP contribution in [0.3, 0.4) is 0 Å². The lowest BCUT2D eigenvalue weighted by Crippen LogP contribution is -2.13. The Bertz CT molecular complexity index is 962. The first-order valence-electron chi connectivity index (χ1n) is 8.98. The second-order valence-electron chi connectivity index (χ2n) is 6.66. The van der Waals surface area contributed by atoms with Crippen LogP contribution in [0.25, 0.3) is 11.2 Å². The summed E-state index contributed by atoms with van der Waals surface area (Å²) in [4.78, 5) is 23.6. The smallest absolute Gasteiger partial charge is 0.258 e. The third-order valence-corrected chi connectivity index (χ3v) is 5.53. The van der Waals surface area contributed by atoms with E-state index in [1.54, 1.807) is 11.8 Å². The highest BCUT2D eigenvalue weighted by Gasteiger charge is 2.20. The number of rotatable bonds is 3. The maximum atomic E-state index is 12.9. The van der Waals surface area contributed by atoms with Crippen molar-refractivity contribution in [1.82, 2.24) is 14.5 Å². The van der Waals surface area contributed by atoms with Crippen LogP contribution in [0.4, 0.5) is 5.69 Å². The number of amides is 1. The topological polar surface area (TPSA) is 59.8 Å². The van der Waals surface area contributed by atoms with Crippen LogP contribution in [-0.4, -0.2) is 26.7 Å². The van der Waals surface area contributed by atoms with Crippen molar-refractivity contribution in [2.24, 2.45) is 0 Å². The van der Waals surface area contributed by atoms with E-state index >= 15 is 0 Å². The molecule has 0 fully saturated rings. The number of imidazole rings is 1. The van der Waals surface area contributed by atoms with Crippen molar-refractivity contribution in [1.29, 1.82) is 0 Å². The summed E-state index contributed by atoms with van der Waals surface area (Å²) in [5.41, 5.74) is 3.78. The average Bonchev–Trinajstić information content (AvgIpc) is 2.83. The van der Waals surface area contributed by atoms with Gasteiger partial charge in [-0.15, -0.1) is 11.8 Å². The second-order valence-corrected chi connectivity index (χ2v) is 7.54. The summed E-state index contributed by atoms with van der Waals surface area (Å²) >= 11 is 1.68. The van der Waals surface area contributed by atoms with Crippen LogP contribution in [-0.2, 0) is 13.0 Å². The summed E-state index contributed by atoms with van der Waals surface area (Å²) in [5.74, 6) is 0.916. The van der Waals surface area contributed by atoms with Crippen LogP contribution in [0.15, 0.2) is 35.2 Å². The Morgan fingerprint density at radius 2 is 1.96 bits per heavy atom. The van der Waals surface area contributed by atoms with Gasteiger partial charge in [-0.25, -0.2) is 9.97 Å². The molecule has 0 spiro atoms. The molecule has 2 aromatic heterocycles. The number of carbonyl (C=O) groups is 1. The third-order valence-electron chi connectivity index (χ3n) is 4.79. The molecule has 0 radical (unpaired) electrons. The summed E-state index contributed by atoms with van der Waals surface area (Å²) in [6.07, 6.45) is 6.48. The highest BCUT2D eigenvalue weighted by atomic mass is 32.2. The molecule has 0 bridgehead atoms. The SMILES string of the molecule is CSc1ccc(NC(=O)c2cc(C)nc3c2nc2n3CCCCC2)cc1. The largest absolute Gasteiger partial charge is 0.322 e. The van der Waals surface area contributed by atoms with Gasteiger partial charge in [0, 0.05) is 29.2 Å². The lowest BCUT2D eigenvalue weighted by Gasteiger charge is -2.08. The minimum Gasteiger partial charge on any atom is -0.322 e. The first-order chi connectivity index (χ1) is 12.7. The molecule has 0 atom stereocenters. The van der Waals surface area contributed by atoms with Gasteiger partial charge in [-0.2, -0.15) is 0 Å². The molecule has 26 heavy (non-hydrogen) atoms. The number of aryl methyl sites for hydroxylation is 3. The number of hydrogen-bond acceptors (Lipinski definition) is 4. The Morgan fingerprint density at radius 1 is 1.15 bits per heavy atom. The van der Waals surface area contributed by atoms with Crippen molar-refractivity contribution < 1.29 is 4.79 Å². The number of nitrogens with zero attached hydrogens (tertiary/aromatic N) is 3. The van der Waals surface area contributed by atoms with Gasteiger partial charge in [0.25, 0.3) is 5.91 Å². The molecule has 0 unspecified atom stereocenters. The maximum Gasteiger partial charge on any atom is 0.258 e. The fraction of sp³-hybridized carbons (Fsp3) is 0.350. The predicted molar refractivity (Wildman–Crippen MR) is 106 cm³/mol. The lowest BCUT2D eigenvalue weighted by atomic mass is 10.1. The molecular formula is C20H22N4OS. The number of aromatic nitrogens is 3. The van der Waals surface area contributed by atoms with Crippen molar-refractivity contribution in [3.63, 3.8) is 0 Å². The predicted octanol–water partition coefficient (Wildman–Crippen LogP) is 4.44. The van der Waals surface area contributed by atoms with E-state index in [9.17, 15) is 4.79 Å². The molecule has 0 saturated heterocycles. The molecule has 1 aliphatic heterocycles. The van der Waals surface area contributed by atoms with Gasteiger partial charge in [-0.3, -0.25) is 4.79 Å². The van der Waals surface area contributed by atoms with E-state index in [1.807, 2.05) is 43.5 Å². The number of nitrogens with one attached hydrogen (secondary N) is 1. The zero-order chi connectivity index (χ0) is 18.1. The van der Waals surface area contributed by atoms with Gasteiger partial charge in [0.1, 0.15) is 11.3 Å². The number of fused-ring (bicyclic) bond motifs is 3. The highest BCUT2D eigenvalue weighted by Crippen LogP contribution is 2.25. The number of pyridine rings is 1. The Labute approximate surface area is 157 Å².